The fourth-order valence-corrected chi connectivity index (χ4v) is 1.32. The van der Waals surface area contributed by atoms with Gasteiger partial charge < -0.3 is 15.0 Å². The Morgan fingerprint density at radius 3 is 2.93 bits per heavy atom. The first-order valence-corrected chi connectivity index (χ1v) is 5.59. The van der Waals surface area contributed by atoms with Crippen LogP contribution in [0.5, 0.6) is 0 Å². The van der Waals surface area contributed by atoms with Gasteiger partial charge in [-0.05, 0) is 6.42 Å². The van der Waals surface area contributed by atoms with E-state index < -0.39 is 0 Å². The van der Waals surface area contributed by atoms with Crippen molar-refractivity contribution in [2.45, 2.75) is 45.8 Å². The third-order valence-electron chi connectivity index (χ3n) is 2.20. The van der Waals surface area contributed by atoms with E-state index in [9.17, 15) is 0 Å². The third-order valence-corrected chi connectivity index (χ3v) is 2.20. The van der Waals surface area contributed by atoms with Crippen LogP contribution in [-0.4, -0.2) is 11.8 Å². The molecule has 0 aromatic carbocycles. The maximum Gasteiger partial charge on any atom is 0.162 e. The van der Waals surface area contributed by atoms with Crippen molar-refractivity contribution in [3.8, 4) is 0 Å². The minimum Gasteiger partial charge on any atom is -0.373 e. The molecule has 0 saturated heterocycles. The van der Waals surface area contributed by atoms with Crippen LogP contribution < -0.4 is 5.73 Å². The van der Waals surface area contributed by atoms with Crippen LogP contribution in [0.15, 0.2) is 10.6 Å². The van der Waals surface area contributed by atoms with Gasteiger partial charge in [0.25, 0.3) is 0 Å². The van der Waals surface area contributed by atoms with Gasteiger partial charge in [-0.25, -0.2) is 0 Å². The van der Waals surface area contributed by atoms with Crippen molar-refractivity contribution >= 4 is 0 Å². The Morgan fingerprint density at radius 1 is 1.40 bits per heavy atom. The summed E-state index contributed by atoms with van der Waals surface area (Å²) in [7, 11) is 0. The van der Waals surface area contributed by atoms with Crippen molar-refractivity contribution in [3.05, 3.63) is 17.5 Å². The highest BCUT2D eigenvalue weighted by Gasteiger charge is 2.01. The molecule has 0 amide bonds. The molecule has 0 unspecified atom stereocenters. The SMILES string of the molecule is CCCCCCOCc1cc(CN)no1. The average molecular weight is 212 g/mol. The van der Waals surface area contributed by atoms with E-state index >= 15 is 0 Å². The molecule has 4 heteroatoms. The zero-order chi connectivity index (χ0) is 10.9. The molecule has 1 rings (SSSR count). The van der Waals surface area contributed by atoms with Crippen LogP contribution in [0, 0.1) is 0 Å². The molecular weight excluding hydrogens is 192 g/mol. The molecule has 0 saturated carbocycles. The van der Waals surface area contributed by atoms with Crippen molar-refractivity contribution in [3.63, 3.8) is 0 Å². The van der Waals surface area contributed by atoms with Gasteiger partial charge in [-0.3, -0.25) is 0 Å². The minimum atomic E-state index is 0.417. The summed E-state index contributed by atoms with van der Waals surface area (Å²) in [5.41, 5.74) is 6.19. The smallest absolute Gasteiger partial charge is 0.162 e. The molecule has 86 valence electrons. The van der Waals surface area contributed by atoms with Gasteiger partial charge in [0, 0.05) is 19.2 Å². The first-order valence-electron chi connectivity index (χ1n) is 5.59. The lowest BCUT2D eigenvalue weighted by Gasteiger charge is -2.00. The van der Waals surface area contributed by atoms with Crippen LogP contribution in [0.3, 0.4) is 0 Å². The predicted octanol–water partition coefficient (Wildman–Crippen LogP) is 2.23. The van der Waals surface area contributed by atoms with Crippen LogP contribution in [0.4, 0.5) is 0 Å². The lowest BCUT2D eigenvalue weighted by molar-refractivity contribution is 0.0976. The van der Waals surface area contributed by atoms with E-state index in [4.69, 9.17) is 15.0 Å². The molecule has 0 bridgehead atoms. The molecule has 0 radical (unpaired) electrons. The molecule has 0 fully saturated rings. The van der Waals surface area contributed by atoms with Crippen LogP contribution in [-0.2, 0) is 17.9 Å². The van der Waals surface area contributed by atoms with Crippen molar-refractivity contribution < 1.29 is 9.26 Å². The Morgan fingerprint density at radius 2 is 2.27 bits per heavy atom. The Bertz CT molecular complexity index is 261. The lowest BCUT2D eigenvalue weighted by atomic mass is 10.2. The molecule has 0 atom stereocenters. The lowest BCUT2D eigenvalue weighted by Crippen LogP contribution is -1.96. The van der Waals surface area contributed by atoms with Crippen LogP contribution >= 0.6 is 0 Å². The van der Waals surface area contributed by atoms with Crippen LogP contribution in [0.2, 0.25) is 0 Å². The van der Waals surface area contributed by atoms with Crippen molar-refractivity contribution in [1.82, 2.24) is 5.16 Å². The van der Waals surface area contributed by atoms with Gasteiger partial charge in [0.15, 0.2) is 5.76 Å². The second-order valence-electron chi connectivity index (χ2n) is 3.60. The molecule has 1 aromatic rings. The van der Waals surface area contributed by atoms with Gasteiger partial charge in [-0.2, -0.15) is 0 Å². The Balaban J connectivity index is 2.04. The third kappa shape index (κ3) is 4.95. The van der Waals surface area contributed by atoms with Gasteiger partial charge in [0.05, 0.1) is 5.69 Å². The molecule has 0 aliphatic carbocycles. The predicted molar refractivity (Wildman–Crippen MR) is 58.2 cm³/mol. The molecule has 1 heterocycles. The number of unbranched alkanes of at least 4 members (excludes halogenated alkanes) is 3. The quantitative estimate of drug-likeness (QED) is 0.671. The summed E-state index contributed by atoms with van der Waals surface area (Å²) >= 11 is 0. The zero-order valence-corrected chi connectivity index (χ0v) is 9.37. The summed E-state index contributed by atoms with van der Waals surface area (Å²) in [6, 6.07) is 1.84. The molecule has 0 spiro atoms. The van der Waals surface area contributed by atoms with E-state index in [1.807, 2.05) is 6.07 Å². The summed E-state index contributed by atoms with van der Waals surface area (Å²) in [5, 5.41) is 3.78. The van der Waals surface area contributed by atoms with Gasteiger partial charge in [-0.1, -0.05) is 31.3 Å². The number of rotatable bonds is 8. The Labute approximate surface area is 90.8 Å². The monoisotopic (exact) mass is 212 g/mol. The first kappa shape index (κ1) is 12.2. The van der Waals surface area contributed by atoms with Crippen molar-refractivity contribution in [2.24, 2.45) is 5.73 Å². The fraction of sp³-hybridized carbons (Fsp3) is 0.727. The summed E-state index contributed by atoms with van der Waals surface area (Å²) in [6.07, 6.45) is 4.89. The van der Waals surface area contributed by atoms with Crippen molar-refractivity contribution in [1.29, 1.82) is 0 Å². The van der Waals surface area contributed by atoms with Gasteiger partial charge in [-0.15, -0.1) is 0 Å². The standard InChI is InChI=1S/C11H20N2O2/c1-2-3-4-5-6-14-9-11-7-10(8-12)13-15-11/h7H,2-6,8-9,12H2,1H3. The number of hydrogen-bond donors (Lipinski definition) is 1. The summed E-state index contributed by atoms with van der Waals surface area (Å²) < 4.78 is 10.5. The highest BCUT2D eigenvalue weighted by Crippen LogP contribution is 2.05. The fourth-order valence-electron chi connectivity index (χ4n) is 1.32. The molecule has 0 aliphatic rings. The number of nitrogens with zero attached hydrogens (tertiary/aromatic N) is 1. The summed E-state index contributed by atoms with van der Waals surface area (Å²) in [4.78, 5) is 0. The minimum absolute atomic E-state index is 0.417. The molecule has 4 nitrogen and oxygen atoms in total. The maximum atomic E-state index is 5.45. The topological polar surface area (TPSA) is 61.3 Å². The van der Waals surface area contributed by atoms with E-state index in [-0.39, 0.29) is 0 Å². The van der Waals surface area contributed by atoms with E-state index in [2.05, 4.69) is 12.1 Å². The molecule has 15 heavy (non-hydrogen) atoms. The number of aromatic nitrogens is 1. The first-order chi connectivity index (χ1) is 7.36. The number of ether oxygens (including phenoxy) is 1. The number of hydrogen-bond acceptors (Lipinski definition) is 4. The highest BCUT2D eigenvalue weighted by atomic mass is 16.5. The summed E-state index contributed by atoms with van der Waals surface area (Å²) in [6.45, 7) is 3.90. The second kappa shape index (κ2) is 7.43. The van der Waals surface area contributed by atoms with E-state index in [0.717, 1.165) is 24.5 Å². The highest BCUT2D eigenvalue weighted by molar-refractivity contribution is 5.03. The molecule has 2 N–H and O–H groups in total. The molecule has 0 aliphatic heterocycles. The Hall–Kier alpha value is -0.870. The largest absolute Gasteiger partial charge is 0.373 e. The average Bonchev–Trinajstić information content (AvgIpc) is 2.71. The van der Waals surface area contributed by atoms with E-state index in [1.54, 1.807) is 0 Å². The number of nitrogens with two attached hydrogens (primary N) is 1. The second-order valence-corrected chi connectivity index (χ2v) is 3.60. The molecule has 1 aromatic heterocycles. The van der Waals surface area contributed by atoms with E-state index in [1.165, 1.54) is 19.3 Å². The van der Waals surface area contributed by atoms with Gasteiger partial charge in [0.1, 0.15) is 6.61 Å². The van der Waals surface area contributed by atoms with E-state index in [0.29, 0.717) is 13.2 Å². The van der Waals surface area contributed by atoms with Gasteiger partial charge >= 0.3 is 0 Å². The van der Waals surface area contributed by atoms with Gasteiger partial charge in [0.2, 0.25) is 0 Å². The zero-order valence-electron chi connectivity index (χ0n) is 9.37. The normalized spacial score (nSPS) is 10.8. The van der Waals surface area contributed by atoms with Crippen molar-refractivity contribution in [2.75, 3.05) is 6.61 Å². The Kier molecular flexibility index (Phi) is 6.04. The maximum absolute atomic E-state index is 5.45. The molecular formula is C11H20N2O2. The van der Waals surface area contributed by atoms with Crippen LogP contribution in [0.1, 0.15) is 44.1 Å². The van der Waals surface area contributed by atoms with Crippen LogP contribution in [0.25, 0.3) is 0 Å². The summed E-state index contributed by atoms with van der Waals surface area (Å²) in [5.74, 6) is 0.756.